The van der Waals surface area contributed by atoms with Crippen LogP contribution >= 0.6 is 23.2 Å². The monoisotopic (exact) mass is 293 g/mol. The molecule has 1 N–H and O–H groups in total. The highest BCUT2D eigenvalue weighted by molar-refractivity contribution is 6.42. The lowest BCUT2D eigenvalue weighted by atomic mass is 10.1. The Morgan fingerprint density at radius 1 is 1.00 bits per heavy atom. The van der Waals surface area contributed by atoms with Gasteiger partial charge in [0.05, 0.1) is 10.0 Å². The minimum absolute atomic E-state index is 0.301. The summed E-state index contributed by atoms with van der Waals surface area (Å²) in [6.07, 6.45) is 0. The first-order chi connectivity index (χ1) is 9.06. The molecule has 0 aromatic heterocycles. The van der Waals surface area contributed by atoms with Gasteiger partial charge >= 0.3 is 0 Å². The molecular formula is C16H17Cl2N. The zero-order chi connectivity index (χ0) is 13.8. The topological polar surface area (TPSA) is 12.0 Å². The van der Waals surface area contributed by atoms with Crippen LogP contribution in [0.2, 0.25) is 10.0 Å². The molecule has 0 bridgehead atoms. The highest BCUT2D eigenvalue weighted by Crippen LogP contribution is 2.23. The van der Waals surface area contributed by atoms with Gasteiger partial charge in [-0.3, -0.25) is 0 Å². The van der Waals surface area contributed by atoms with E-state index in [4.69, 9.17) is 23.2 Å². The van der Waals surface area contributed by atoms with Crippen LogP contribution in [0, 0.1) is 6.92 Å². The largest absolute Gasteiger partial charge is 0.306 e. The maximum Gasteiger partial charge on any atom is 0.0595 e. The SMILES string of the molecule is Cc1ccc(C(C)NCc2ccc(Cl)c(Cl)c2)cc1. The van der Waals surface area contributed by atoms with E-state index in [1.165, 1.54) is 11.1 Å². The third kappa shape index (κ3) is 3.97. The van der Waals surface area contributed by atoms with Gasteiger partial charge in [0.15, 0.2) is 0 Å². The average Bonchev–Trinajstić information content (AvgIpc) is 2.40. The predicted octanol–water partition coefficient (Wildman–Crippen LogP) is 5.15. The van der Waals surface area contributed by atoms with Crippen molar-refractivity contribution in [2.45, 2.75) is 26.4 Å². The smallest absolute Gasteiger partial charge is 0.0595 e. The molecule has 100 valence electrons. The number of aryl methyl sites for hydroxylation is 1. The molecule has 1 unspecified atom stereocenters. The molecule has 0 aliphatic rings. The van der Waals surface area contributed by atoms with Crippen molar-refractivity contribution in [2.24, 2.45) is 0 Å². The molecular weight excluding hydrogens is 277 g/mol. The summed E-state index contributed by atoms with van der Waals surface area (Å²) in [5.74, 6) is 0. The number of benzene rings is 2. The van der Waals surface area contributed by atoms with Crippen molar-refractivity contribution in [3.63, 3.8) is 0 Å². The molecule has 1 nitrogen and oxygen atoms in total. The van der Waals surface area contributed by atoms with Crippen molar-refractivity contribution < 1.29 is 0 Å². The minimum atomic E-state index is 0.301. The number of hydrogen-bond acceptors (Lipinski definition) is 1. The molecule has 1 atom stereocenters. The molecule has 2 aromatic rings. The Labute approximate surface area is 124 Å². The van der Waals surface area contributed by atoms with E-state index in [2.05, 4.69) is 43.4 Å². The Morgan fingerprint density at radius 3 is 2.32 bits per heavy atom. The molecule has 0 fully saturated rings. The fourth-order valence-electron chi connectivity index (χ4n) is 1.89. The van der Waals surface area contributed by atoms with Gasteiger partial charge in [-0.15, -0.1) is 0 Å². The number of nitrogens with one attached hydrogen (secondary N) is 1. The van der Waals surface area contributed by atoms with E-state index in [-0.39, 0.29) is 0 Å². The highest BCUT2D eigenvalue weighted by atomic mass is 35.5. The summed E-state index contributed by atoms with van der Waals surface area (Å²) in [7, 11) is 0. The molecule has 0 spiro atoms. The molecule has 0 amide bonds. The fourth-order valence-corrected chi connectivity index (χ4v) is 2.21. The first-order valence-electron chi connectivity index (χ1n) is 6.30. The van der Waals surface area contributed by atoms with E-state index in [0.717, 1.165) is 12.1 Å². The molecule has 3 heteroatoms. The molecule has 0 saturated heterocycles. The maximum atomic E-state index is 6.00. The molecule has 2 aromatic carbocycles. The molecule has 19 heavy (non-hydrogen) atoms. The summed E-state index contributed by atoms with van der Waals surface area (Å²) < 4.78 is 0. The van der Waals surface area contributed by atoms with Crippen molar-refractivity contribution in [3.8, 4) is 0 Å². The van der Waals surface area contributed by atoms with E-state index < -0.39 is 0 Å². The van der Waals surface area contributed by atoms with Crippen LogP contribution < -0.4 is 5.32 Å². The lowest BCUT2D eigenvalue weighted by molar-refractivity contribution is 0.574. The first-order valence-corrected chi connectivity index (χ1v) is 7.06. The summed E-state index contributed by atoms with van der Waals surface area (Å²) in [5, 5.41) is 4.67. The Kier molecular flexibility index (Phi) is 4.87. The summed E-state index contributed by atoms with van der Waals surface area (Å²) in [6.45, 7) is 5.02. The van der Waals surface area contributed by atoms with E-state index >= 15 is 0 Å². The summed E-state index contributed by atoms with van der Waals surface area (Å²) in [5.41, 5.74) is 3.69. The second kappa shape index (κ2) is 6.42. The molecule has 0 heterocycles. The minimum Gasteiger partial charge on any atom is -0.306 e. The Hall–Kier alpha value is -1.02. The number of rotatable bonds is 4. The summed E-state index contributed by atoms with van der Waals surface area (Å²) in [6, 6.07) is 14.6. The van der Waals surface area contributed by atoms with Gasteiger partial charge in [0, 0.05) is 12.6 Å². The third-order valence-corrected chi connectivity index (χ3v) is 3.91. The Balaban J connectivity index is 1.98. The van der Waals surface area contributed by atoms with Crippen molar-refractivity contribution in [1.82, 2.24) is 5.32 Å². The van der Waals surface area contributed by atoms with E-state index in [0.29, 0.717) is 16.1 Å². The van der Waals surface area contributed by atoms with Crippen LogP contribution in [0.4, 0.5) is 0 Å². The van der Waals surface area contributed by atoms with Crippen LogP contribution in [0.25, 0.3) is 0 Å². The summed E-state index contributed by atoms with van der Waals surface area (Å²) >= 11 is 11.9. The van der Waals surface area contributed by atoms with Crippen LogP contribution in [0.5, 0.6) is 0 Å². The van der Waals surface area contributed by atoms with Crippen LogP contribution in [0.15, 0.2) is 42.5 Å². The van der Waals surface area contributed by atoms with Crippen LogP contribution in [0.3, 0.4) is 0 Å². The van der Waals surface area contributed by atoms with Gasteiger partial charge in [-0.2, -0.15) is 0 Å². The van der Waals surface area contributed by atoms with E-state index in [1.807, 2.05) is 18.2 Å². The highest BCUT2D eigenvalue weighted by Gasteiger charge is 2.05. The second-order valence-corrected chi connectivity index (χ2v) is 5.58. The van der Waals surface area contributed by atoms with Crippen LogP contribution in [-0.2, 0) is 6.54 Å². The molecule has 0 saturated carbocycles. The van der Waals surface area contributed by atoms with Crippen molar-refractivity contribution in [2.75, 3.05) is 0 Å². The fraction of sp³-hybridized carbons (Fsp3) is 0.250. The van der Waals surface area contributed by atoms with Gasteiger partial charge in [-0.1, -0.05) is 59.1 Å². The molecule has 0 aliphatic heterocycles. The quantitative estimate of drug-likeness (QED) is 0.822. The van der Waals surface area contributed by atoms with Crippen molar-refractivity contribution in [3.05, 3.63) is 69.2 Å². The Bertz CT molecular complexity index is 549. The van der Waals surface area contributed by atoms with Gasteiger partial charge in [-0.05, 0) is 37.1 Å². The van der Waals surface area contributed by atoms with Gasteiger partial charge in [-0.25, -0.2) is 0 Å². The molecule has 2 rings (SSSR count). The van der Waals surface area contributed by atoms with Gasteiger partial charge < -0.3 is 5.32 Å². The van der Waals surface area contributed by atoms with Crippen LogP contribution in [0.1, 0.15) is 29.7 Å². The summed E-state index contributed by atoms with van der Waals surface area (Å²) in [4.78, 5) is 0. The maximum absolute atomic E-state index is 6.00. The zero-order valence-electron chi connectivity index (χ0n) is 11.1. The lowest BCUT2D eigenvalue weighted by Gasteiger charge is -2.15. The van der Waals surface area contributed by atoms with Gasteiger partial charge in [0.1, 0.15) is 0 Å². The second-order valence-electron chi connectivity index (χ2n) is 4.76. The first kappa shape index (κ1) is 14.4. The standard InChI is InChI=1S/C16H17Cl2N/c1-11-3-6-14(7-4-11)12(2)19-10-13-5-8-15(17)16(18)9-13/h3-9,12,19H,10H2,1-2H3. The predicted molar refractivity (Wildman–Crippen MR) is 82.9 cm³/mol. The van der Waals surface area contributed by atoms with E-state index in [1.54, 1.807) is 0 Å². The average molecular weight is 294 g/mol. The third-order valence-electron chi connectivity index (χ3n) is 3.17. The number of hydrogen-bond donors (Lipinski definition) is 1. The van der Waals surface area contributed by atoms with Gasteiger partial charge in [0.25, 0.3) is 0 Å². The van der Waals surface area contributed by atoms with Crippen molar-refractivity contribution >= 4 is 23.2 Å². The Morgan fingerprint density at radius 2 is 1.68 bits per heavy atom. The van der Waals surface area contributed by atoms with Gasteiger partial charge in [0.2, 0.25) is 0 Å². The number of halogens is 2. The lowest BCUT2D eigenvalue weighted by Crippen LogP contribution is -2.18. The molecule has 0 radical (unpaired) electrons. The van der Waals surface area contributed by atoms with Crippen molar-refractivity contribution in [1.29, 1.82) is 0 Å². The zero-order valence-corrected chi connectivity index (χ0v) is 12.6. The normalized spacial score (nSPS) is 12.4. The molecule has 0 aliphatic carbocycles. The van der Waals surface area contributed by atoms with Crippen LogP contribution in [-0.4, -0.2) is 0 Å². The van der Waals surface area contributed by atoms with E-state index in [9.17, 15) is 0 Å².